The summed E-state index contributed by atoms with van der Waals surface area (Å²) in [4.78, 5) is 22.9. The van der Waals surface area contributed by atoms with Gasteiger partial charge in [0.05, 0.1) is 18.7 Å². The highest BCUT2D eigenvalue weighted by Gasteiger charge is 2.24. The van der Waals surface area contributed by atoms with Crippen molar-refractivity contribution >= 4 is 39.4 Å². The third-order valence-corrected chi connectivity index (χ3v) is 4.60. The van der Waals surface area contributed by atoms with Crippen molar-refractivity contribution in [3.05, 3.63) is 46.1 Å². The van der Waals surface area contributed by atoms with Crippen LogP contribution >= 0.6 is 22.6 Å². The maximum absolute atomic E-state index is 12.9. The van der Waals surface area contributed by atoms with Crippen LogP contribution in [-0.2, 0) is 4.74 Å². The number of rotatable bonds is 2. The summed E-state index contributed by atoms with van der Waals surface area (Å²) < 4.78 is 8.10. The number of carbonyl (C=O) groups is 1. The molecule has 8 heteroatoms. The molecule has 1 amide bonds. The molecule has 1 fully saturated rings. The minimum Gasteiger partial charge on any atom is -0.378 e. The monoisotopic (exact) mass is 435 g/mol. The molecule has 1 aliphatic heterocycles. The van der Waals surface area contributed by atoms with E-state index in [1.165, 1.54) is 6.33 Å². The lowest BCUT2D eigenvalue weighted by Gasteiger charge is -2.26. The largest absolute Gasteiger partial charge is 0.378 e. The van der Waals surface area contributed by atoms with Crippen LogP contribution < -0.4 is 0 Å². The summed E-state index contributed by atoms with van der Waals surface area (Å²) in [6.45, 7) is 2.30. The summed E-state index contributed by atoms with van der Waals surface area (Å²) in [6, 6.07) is 7.69. The summed E-state index contributed by atoms with van der Waals surface area (Å²) in [7, 11) is 0. The van der Waals surface area contributed by atoms with E-state index < -0.39 is 0 Å². The molecule has 122 valence electrons. The molecule has 1 aromatic carbocycles. The Morgan fingerprint density at radius 2 is 2.04 bits per heavy atom. The number of ether oxygens (including phenoxy) is 1. The molecule has 0 spiro atoms. The van der Waals surface area contributed by atoms with Crippen molar-refractivity contribution < 1.29 is 9.53 Å². The van der Waals surface area contributed by atoms with Gasteiger partial charge in [0.1, 0.15) is 6.33 Å². The zero-order chi connectivity index (χ0) is 16.5. The molecule has 0 aliphatic carbocycles. The van der Waals surface area contributed by atoms with Crippen LogP contribution in [0, 0.1) is 3.57 Å². The number of aromatic nitrogens is 4. The number of hydrogen-bond donors (Lipinski definition) is 0. The van der Waals surface area contributed by atoms with Crippen LogP contribution in [0.3, 0.4) is 0 Å². The standard InChI is InChI=1S/C16H14IN5O2/c17-11-1-2-12-13(9-11)22(14-3-4-18-10-19-14)20-15(12)16(23)21-5-7-24-8-6-21/h1-4,9-10H,5-8H2. The van der Waals surface area contributed by atoms with Gasteiger partial charge in [0.15, 0.2) is 11.5 Å². The van der Waals surface area contributed by atoms with Crippen LogP contribution in [-0.4, -0.2) is 56.9 Å². The molecule has 7 nitrogen and oxygen atoms in total. The first-order chi connectivity index (χ1) is 11.7. The van der Waals surface area contributed by atoms with E-state index in [1.54, 1.807) is 21.8 Å². The SMILES string of the molecule is O=C(c1nn(-c2ccncn2)c2cc(I)ccc12)N1CCOCC1. The Hall–Kier alpha value is -2.07. The number of nitrogens with zero attached hydrogens (tertiary/aromatic N) is 5. The van der Waals surface area contributed by atoms with Gasteiger partial charge in [-0.2, -0.15) is 5.10 Å². The van der Waals surface area contributed by atoms with E-state index in [9.17, 15) is 4.79 Å². The van der Waals surface area contributed by atoms with Crippen LogP contribution in [0.5, 0.6) is 0 Å². The zero-order valence-electron chi connectivity index (χ0n) is 12.7. The van der Waals surface area contributed by atoms with Gasteiger partial charge in [-0.15, -0.1) is 0 Å². The fourth-order valence-corrected chi connectivity index (χ4v) is 3.22. The second kappa shape index (κ2) is 6.44. The Kier molecular flexibility index (Phi) is 4.15. The van der Waals surface area contributed by atoms with Crippen LogP contribution in [0.1, 0.15) is 10.5 Å². The third-order valence-electron chi connectivity index (χ3n) is 3.93. The van der Waals surface area contributed by atoms with Crippen molar-refractivity contribution in [1.82, 2.24) is 24.6 Å². The average Bonchev–Trinajstić information content (AvgIpc) is 3.01. The molecule has 24 heavy (non-hydrogen) atoms. The van der Waals surface area contributed by atoms with E-state index in [0.717, 1.165) is 14.5 Å². The Morgan fingerprint density at radius 1 is 1.21 bits per heavy atom. The van der Waals surface area contributed by atoms with E-state index in [0.29, 0.717) is 37.8 Å². The summed E-state index contributed by atoms with van der Waals surface area (Å²) in [5, 5.41) is 5.39. The van der Waals surface area contributed by atoms with E-state index in [-0.39, 0.29) is 5.91 Å². The van der Waals surface area contributed by atoms with Crippen LogP contribution in [0.4, 0.5) is 0 Å². The van der Waals surface area contributed by atoms with Gasteiger partial charge in [0, 0.05) is 34.3 Å². The molecular weight excluding hydrogens is 421 g/mol. The van der Waals surface area contributed by atoms with Crippen molar-refractivity contribution in [3.63, 3.8) is 0 Å². The van der Waals surface area contributed by atoms with Gasteiger partial charge in [-0.3, -0.25) is 4.79 Å². The highest BCUT2D eigenvalue weighted by molar-refractivity contribution is 14.1. The number of halogens is 1. The maximum atomic E-state index is 12.9. The number of fused-ring (bicyclic) bond motifs is 1. The lowest BCUT2D eigenvalue weighted by atomic mass is 10.2. The fraction of sp³-hybridized carbons (Fsp3) is 0.250. The summed E-state index contributed by atoms with van der Waals surface area (Å²) >= 11 is 2.25. The second-order valence-corrected chi connectivity index (χ2v) is 6.64. The van der Waals surface area contributed by atoms with Crippen molar-refractivity contribution in [2.45, 2.75) is 0 Å². The molecular formula is C16H14IN5O2. The minimum absolute atomic E-state index is 0.0719. The van der Waals surface area contributed by atoms with Crippen LogP contribution in [0.2, 0.25) is 0 Å². The number of hydrogen-bond acceptors (Lipinski definition) is 5. The Labute approximate surface area is 151 Å². The van der Waals surface area contributed by atoms with E-state index in [4.69, 9.17) is 4.74 Å². The highest BCUT2D eigenvalue weighted by Crippen LogP contribution is 2.24. The maximum Gasteiger partial charge on any atom is 0.275 e. The van der Waals surface area contributed by atoms with E-state index >= 15 is 0 Å². The van der Waals surface area contributed by atoms with Gasteiger partial charge in [0.25, 0.3) is 5.91 Å². The Balaban J connectivity index is 1.85. The molecule has 3 heterocycles. The van der Waals surface area contributed by atoms with Crippen LogP contribution in [0.15, 0.2) is 36.8 Å². The summed E-state index contributed by atoms with van der Waals surface area (Å²) in [5.41, 5.74) is 1.30. The van der Waals surface area contributed by atoms with Crippen molar-refractivity contribution in [2.24, 2.45) is 0 Å². The predicted molar refractivity (Wildman–Crippen MR) is 96.1 cm³/mol. The molecule has 0 unspecified atom stereocenters. The first-order valence-electron chi connectivity index (χ1n) is 7.56. The van der Waals surface area contributed by atoms with Gasteiger partial charge in [0.2, 0.25) is 0 Å². The van der Waals surface area contributed by atoms with E-state index in [2.05, 4.69) is 37.7 Å². The summed E-state index contributed by atoms with van der Waals surface area (Å²) in [5.74, 6) is 0.565. The van der Waals surface area contributed by atoms with Gasteiger partial charge in [-0.1, -0.05) is 0 Å². The van der Waals surface area contributed by atoms with Crippen molar-refractivity contribution in [3.8, 4) is 5.82 Å². The Morgan fingerprint density at radius 3 is 2.79 bits per heavy atom. The normalized spacial score (nSPS) is 15.0. The van der Waals surface area contributed by atoms with Gasteiger partial charge in [-0.05, 0) is 40.8 Å². The third kappa shape index (κ3) is 2.75. The molecule has 4 rings (SSSR count). The lowest BCUT2D eigenvalue weighted by molar-refractivity contribution is 0.0300. The lowest BCUT2D eigenvalue weighted by Crippen LogP contribution is -2.41. The number of carbonyl (C=O) groups excluding carboxylic acids is 1. The molecule has 0 N–H and O–H groups in total. The quantitative estimate of drug-likeness (QED) is 0.575. The van der Waals surface area contributed by atoms with Gasteiger partial charge < -0.3 is 9.64 Å². The number of morpholine rings is 1. The zero-order valence-corrected chi connectivity index (χ0v) is 14.9. The Bertz CT molecular complexity index is 890. The topological polar surface area (TPSA) is 73.1 Å². The molecule has 1 aliphatic rings. The molecule has 0 saturated carbocycles. The predicted octanol–water partition coefficient (Wildman–Crippen LogP) is 1.89. The second-order valence-electron chi connectivity index (χ2n) is 5.39. The molecule has 0 atom stereocenters. The fourth-order valence-electron chi connectivity index (χ4n) is 2.75. The summed E-state index contributed by atoms with van der Waals surface area (Å²) in [6.07, 6.45) is 3.13. The first-order valence-corrected chi connectivity index (χ1v) is 8.63. The van der Waals surface area contributed by atoms with Crippen molar-refractivity contribution in [2.75, 3.05) is 26.3 Å². The number of amides is 1. The molecule has 0 bridgehead atoms. The molecule has 1 saturated heterocycles. The number of benzene rings is 1. The molecule has 0 radical (unpaired) electrons. The minimum atomic E-state index is -0.0719. The smallest absolute Gasteiger partial charge is 0.275 e. The molecule has 2 aromatic heterocycles. The van der Waals surface area contributed by atoms with Crippen LogP contribution in [0.25, 0.3) is 16.7 Å². The van der Waals surface area contributed by atoms with Gasteiger partial charge >= 0.3 is 0 Å². The highest BCUT2D eigenvalue weighted by atomic mass is 127. The van der Waals surface area contributed by atoms with E-state index in [1.807, 2.05) is 18.2 Å². The van der Waals surface area contributed by atoms with Gasteiger partial charge in [-0.25, -0.2) is 14.6 Å². The first kappa shape index (κ1) is 15.5. The van der Waals surface area contributed by atoms with Crippen molar-refractivity contribution in [1.29, 1.82) is 0 Å². The average molecular weight is 435 g/mol. The molecule has 3 aromatic rings.